The molecule has 0 unspecified atom stereocenters. The van der Waals surface area contributed by atoms with Crippen molar-refractivity contribution in [3.63, 3.8) is 0 Å². The molecule has 10 heteroatoms. The highest BCUT2D eigenvalue weighted by molar-refractivity contribution is 7.92. The Hall–Kier alpha value is -3.53. The minimum absolute atomic E-state index is 0.0153. The Morgan fingerprint density at radius 3 is 2.33 bits per heavy atom. The minimum Gasteiger partial charge on any atom is -0.497 e. The molecule has 0 bridgehead atoms. The summed E-state index contributed by atoms with van der Waals surface area (Å²) in [7, 11) is -2.69. The van der Waals surface area contributed by atoms with Crippen molar-refractivity contribution in [3.05, 3.63) is 90.0 Å². The maximum atomic E-state index is 13.3. The Balaban J connectivity index is 1.84. The van der Waals surface area contributed by atoms with Crippen molar-refractivity contribution < 1.29 is 31.1 Å². The second-order valence-corrected chi connectivity index (χ2v) is 8.86. The molecule has 0 heterocycles. The average Bonchev–Trinajstić information content (AvgIpc) is 2.81. The van der Waals surface area contributed by atoms with Gasteiger partial charge in [0, 0.05) is 12.6 Å². The zero-order valence-electron chi connectivity index (χ0n) is 17.5. The fourth-order valence-electron chi connectivity index (χ4n) is 3.04. The van der Waals surface area contributed by atoms with Crippen LogP contribution in [0, 0.1) is 0 Å². The van der Waals surface area contributed by atoms with Gasteiger partial charge in [-0.15, -0.1) is 0 Å². The molecule has 0 fully saturated rings. The third kappa shape index (κ3) is 6.04. The number of ether oxygens (including phenoxy) is 1. The van der Waals surface area contributed by atoms with E-state index in [1.54, 1.807) is 30.3 Å². The lowest BCUT2D eigenvalue weighted by molar-refractivity contribution is -0.137. The SMILES string of the molecule is COc1cccc(N(CC(=O)NCc2cccc(C(F)(F)F)c2)S(=O)(=O)c2ccccc2)c1. The molecule has 0 aliphatic carbocycles. The van der Waals surface area contributed by atoms with Crippen LogP contribution in [0.1, 0.15) is 11.1 Å². The van der Waals surface area contributed by atoms with Crippen molar-refractivity contribution in [1.82, 2.24) is 5.32 Å². The Morgan fingerprint density at radius 2 is 1.67 bits per heavy atom. The number of sulfonamides is 1. The Bertz CT molecular complexity index is 1220. The number of carbonyl (C=O) groups is 1. The summed E-state index contributed by atoms with van der Waals surface area (Å²) in [5.41, 5.74) is -0.400. The molecule has 0 aromatic heterocycles. The predicted molar refractivity (Wildman–Crippen MR) is 117 cm³/mol. The van der Waals surface area contributed by atoms with Crippen molar-refractivity contribution in [2.45, 2.75) is 17.6 Å². The number of anilines is 1. The van der Waals surface area contributed by atoms with E-state index in [2.05, 4.69) is 5.32 Å². The molecule has 3 aromatic carbocycles. The van der Waals surface area contributed by atoms with Gasteiger partial charge in [-0.3, -0.25) is 9.10 Å². The van der Waals surface area contributed by atoms with Gasteiger partial charge in [-0.2, -0.15) is 13.2 Å². The van der Waals surface area contributed by atoms with Gasteiger partial charge in [0.1, 0.15) is 12.3 Å². The van der Waals surface area contributed by atoms with E-state index in [1.165, 1.54) is 43.5 Å². The summed E-state index contributed by atoms with van der Waals surface area (Å²) in [5.74, 6) is -0.292. The number of carbonyl (C=O) groups excluding carboxylic acids is 1. The van der Waals surface area contributed by atoms with Gasteiger partial charge in [-0.25, -0.2) is 8.42 Å². The molecule has 174 valence electrons. The van der Waals surface area contributed by atoms with Crippen LogP contribution in [0.2, 0.25) is 0 Å². The minimum atomic E-state index is -4.51. The lowest BCUT2D eigenvalue weighted by atomic mass is 10.1. The number of hydrogen-bond acceptors (Lipinski definition) is 4. The van der Waals surface area contributed by atoms with Gasteiger partial charge >= 0.3 is 6.18 Å². The quantitative estimate of drug-likeness (QED) is 0.526. The fourth-order valence-corrected chi connectivity index (χ4v) is 4.48. The van der Waals surface area contributed by atoms with E-state index in [-0.39, 0.29) is 22.7 Å². The lowest BCUT2D eigenvalue weighted by Gasteiger charge is -2.24. The Morgan fingerprint density at radius 1 is 0.970 bits per heavy atom. The Kier molecular flexibility index (Phi) is 7.27. The smallest absolute Gasteiger partial charge is 0.416 e. The summed E-state index contributed by atoms with van der Waals surface area (Å²) in [6, 6.07) is 18.3. The normalized spacial score (nSPS) is 11.6. The van der Waals surface area contributed by atoms with Crippen LogP contribution >= 0.6 is 0 Å². The molecular formula is C23H21F3N2O4S. The van der Waals surface area contributed by atoms with E-state index in [9.17, 15) is 26.4 Å². The Labute approximate surface area is 189 Å². The predicted octanol–water partition coefficient (Wildman–Crippen LogP) is 4.23. The second kappa shape index (κ2) is 9.95. The molecule has 0 radical (unpaired) electrons. The monoisotopic (exact) mass is 478 g/mol. The van der Waals surface area contributed by atoms with Crippen LogP contribution in [0.25, 0.3) is 0 Å². The first-order chi connectivity index (χ1) is 15.6. The van der Waals surface area contributed by atoms with Crippen molar-refractivity contribution >= 4 is 21.6 Å². The van der Waals surface area contributed by atoms with Crippen molar-refractivity contribution in [2.75, 3.05) is 18.0 Å². The lowest BCUT2D eigenvalue weighted by Crippen LogP contribution is -2.40. The molecule has 33 heavy (non-hydrogen) atoms. The highest BCUT2D eigenvalue weighted by atomic mass is 32.2. The van der Waals surface area contributed by atoms with E-state index < -0.39 is 34.2 Å². The molecule has 0 saturated carbocycles. The fraction of sp³-hybridized carbons (Fsp3) is 0.174. The maximum absolute atomic E-state index is 13.3. The number of benzene rings is 3. The number of hydrogen-bond donors (Lipinski definition) is 1. The van der Waals surface area contributed by atoms with Crippen molar-refractivity contribution in [3.8, 4) is 5.75 Å². The van der Waals surface area contributed by atoms with E-state index in [1.807, 2.05) is 0 Å². The van der Waals surface area contributed by atoms with Crippen LogP contribution in [0.3, 0.4) is 0 Å². The number of nitrogens with one attached hydrogen (secondary N) is 1. The zero-order valence-corrected chi connectivity index (χ0v) is 18.4. The molecule has 1 amide bonds. The third-order valence-corrected chi connectivity index (χ3v) is 6.49. The summed E-state index contributed by atoms with van der Waals surface area (Å²) in [4.78, 5) is 12.6. The van der Waals surface area contributed by atoms with Gasteiger partial charge in [-0.1, -0.05) is 36.4 Å². The summed E-state index contributed by atoms with van der Waals surface area (Å²) < 4.78 is 71.4. The second-order valence-electron chi connectivity index (χ2n) is 7.00. The van der Waals surface area contributed by atoms with E-state index in [4.69, 9.17) is 4.74 Å². The van der Waals surface area contributed by atoms with Crippen LogP contribution in [0.5, 0.6) is 5.75 Å². The first-order valence-electron chi connectivity index (χ1n) is 9.76. The van der Waals surface area contributed by atoms with Crippen LogP contribution in [0.4, 0.5) is 18.9 Å². The molecular weight excluding hydrogens is 457 g/mol. The molecule has 0 aliphatic heterocycles. The summed E-state index contributed by atoms with van der Waals surface area (Å²) in [6.07, 6.45) is -4.51. The highest BCUT2D eigenvalue weighted by Crippen LogP contribution is 2.30. The van der Waals surface area contributed by atoms with E-state index in [0.717, 1.165) is 16.4 Å². The van der Waals surface area contributed by atoms with Crippen LogP contribution in [0.15, 0.2) is 83.8 Å². The molecule has 0 saturated heterocycles. The van der Waals surface area contributed by atoms with Crippen molar-refractivity contribution in [2.24, 2.45) is 0 Å². The topological polar surface area (TPSA) is 75.7 Å². The number of alkyl halides is 3. The molecule has 0 aliphatic rings. The first kappa shape index (κ1) is 24.1. The van der Waals surface area contributed by atoms with Gasteiger partial charge in [-0.05, 0) is 42.0 Å². The van der Waals surface area contributed by atoms with Gasteiger partial charge in [0.15, 0.2) is 0 Å². The third-order valence-electron chi connectivity index (χ3n) is 4.70. The van der Waals surface area contributed by atoms with Crippen LogP contribution in [-0.2, 0) is 27.5 Å². The molecule has 0 spiro atoms. The molecule has 3 aromatic rings. The number of rotatable bonds is 8. The molecule has 3 rings (SSSR count). The number of amides is 1. The van der Waals surface area contributed by atoms with Gasteiger partial charge < -0.3 is 10.1 Å². The molecule has 6 nitrogen and oxygen atoms in total. The summed E-state index contributed by atoms with van der Waals surface area (Å²) in [6.45, 7) is -0.774. The summed E-state index contributed by atoms with van der Waals surface area (Å²) >= 11 is 0. The van der Waals surface area contributed by atoms with Gasteiger partial charge in [0.2, 0.25) is 5.91 Å². The first-order valence-corrected chi connectivity index (χ1v) is 11.2. The van der Waals surface area contributed by atoms with Gasteiger partial charge in [0.05, 0.1) is 23.3 Å². The number of halogens is 3. The van der Waals surface area contributed by atoms with Gasteiger partial charge in [0.25, 0.3) is 10.0 Å². The molecule has 1 N–H and O–H groups in total. The number of nitrogens with zero attached hydrogens (tertiary/aromatic N) is 1. The zero-order chi connectivity index (χ0) is 24.1. The molecule has 0 atom stereocenters. The van der Waals surface area contributed by atoms with E-state index >= 15 is 0 Å². The summed E-state index contributed by atoms with van der Waals surface area (Å²) in [5, 5.41) is 2.49. The average molecular weight is 478 g/mol. The highest BCUT2D eigenvalue weighted by Gasteiger charge is 2.30. The standard InChI is InChI=1S/C23H21F3N2O4S/c1-32-20-10-6-9-19(14-20)28(33(30,31)21-11-3-2-4-12-21)16-22(29)27-15-17-7-5-8-18(13-17)23(24,25)26/h2-14H,15-16H2,1H3,(H,27,29). The van der Waals surface area contributed by atoms with Crippen LogP contribution in [-0.4, -0.2) is 28.0 Å². The van der Waals surface area contributed by atoms with Crippen molar-refractivity contribution in [1.29, 1.82) is 0 Å². The van der Waals surface area contributed by atoms with Crippen LogP contribution < -0.4 is 14.4 Å². The van der Waals surface area contributed by atoms with E-state index in [0.29, 0.717) is 5.75 Å². The maximum Gasteiger partial charge on any atom is 0.416 e. The number of methoxy groups -OCH3 is 1. The largest absolute Gasteiger partial charge is 0.497 e.